The van der Waals surface area contributed by atoms with Crippen molar-refractivity contribution in [3.63, 3.8) is 0 Å². The molecule has 0 atom stereocenters. The van der Waals surface area contributed by atoms with E-state index in [4.69, 9.17) is 23.2 Å². The summed E-state index contributed by atoms with van der Waals surface area (Å²) in [6.45, 7) is 0. The van der Waals surface area contributed by atoms with E-state index < -0.39 is 11.8 Å². The van der Waals surface area contributed by atoms with Gasteiger partial charge in [0.15, 0.2) is 0 Å². The van der Waals surface area contributed by atoms with Gasteiger partial charge in [-0.1, -0.05) is 29.3 Å². The number of hydrogen-bond donors (Lipinski definition) is 2. The molecule has 0 aromatic heterocycles. The van der Waals surface area contributed by atoms with Crippen LogP contribution in [0.2, 0.25) is 10.0 Å². The lowest BCUT2D eigenvalue weighted by molar-refractivity contribution is -0.132. The summed E-state index contributed by atoms with van der Waals surface area (Å²) >= 11 is 11.7. The van der Waals surface area contributed by atoms with Crippen molar-refractivity contribution in [2.45, 2.75) is 0 Å². The molecule has 2 amide bonds. The van der Waals surface area contributed by atoms with Crippen LogP contribution in [0.5, 0.6) is 0 Å². The molecule has 0 aliphatic heterocycles. The Morgan fingerprint density at radius 2 is 1.48 bits per heavy atom. The first-order chi connectivity index (χ1) is 10.9. The highest BCUT2D eigenvalue weighted by molar-refractivity contribution is 6.44. The first kappa shape index (κ1) is 17.1. The number of carbonyl (C=O) groups is 2. The molecule has 0 saturated heterocycles. The standard InChI is InChI=1S/C16H15Cl2N3O2/c1-21(2)12-5-3-4-10(8-12)19-15(22)16(23)20-11-6-7-13(17)14(18)9-11/h3-9H,1-2H3,(H,19,22)(H,20,23). The molecule has 0 aliphatic rings. The third-order valence-electron chi connectivity index (χ3n) is 3.00. The molecule has 2 aromatic carbocycles. The third-order valence-corrected chi connectivity index (χ3v) is 3.74. The molecule has 2 aromatic rings. The summed E-state index contributed by atoms with van der Waals surface area (Å²) in [5.41, 5.74) is 1.83. The van der Waals surface area contributed by atoms with E-state index in [1.54, 1.807) is 24.3 Å². The van der Waals surface area contributed by atoms with Gasteiger partial charge in [-0.2, -0.15) is 0 Å². The largest absolute Gasteiger partial charge is 0.378 e. The average molecular weight is 352 g/mol. The molecular weight excluding hydrogens is 337 g/mol. The van der Waals surface area contributed by atoms with Crippen molar-refractivity contribution in [2.24, 2.45) is 0 Å². The fourth-order valence-electron chi connectivity index (χ4n) is 1.81. The van der Waals surface area contributed by atoms with Crippen LogP contribution in [0.25, 0.3) is 0 Å². The summed E-state index contributed by atoms with van der Waals surface area (Å²) in [6.07, 6.45) is 0. The van der Waals surface area contributed by atoms with Crippen LogP contribution in [0, 0.1) is 0 Å². The number of nitrogens with zero attached hydrogens (tertiary/aromatic N) is 1. The summed E-state index contributed by atoms with van der Waals surface area (Å²) in [6, 6.07) is 11.7. The Morgan fingerprint density at radius 3 is 2.04 bits per heavy atom. The van der Waals surface area contributed by atoms with Crippen LogP contribution in [0.15, 0.2) is 42.5 Å². The fraction of sp³-hybridized carbons (Fsp3) is 0.125. The van der Waals surface area contributed by atoms with Gasteiger partial charge in [-0.3, -0.25) is 9.59 Å². The van der Waals surface area contributed by atoms with Crippen molar-refractivity contribution in [2.75, 3.05) is 29.6 Å². The minimum atomic E-state index is -0.793. The molecule has 0 aliphatic carbocycles. The summed E-state index contributed by atoms with van der Waals surface area (Å²) < 4.78 is 0. The van der Waals surface area contributed by atoms with E-state index in [1.807, 2.05) is 25.1 Å². The highest BCUT2D eigenvalue weighted by Gasteiger charge is 2.15. The maximum atomic E-state index is 12.0. The van der Waals surface area contributed by atoms with Gasteiger partial charge < -0.3 is 15.5 Å². The van der Waals surface area contributed by atoms with Gasteiger partial charge in [0.25, 0.3) is 0 Å². The van der Waals surface area contributed by atoms with E-state index in [-0.39, 0.29) is 0 Å². The van der Waals surface area contributed by atoms with E-state index in [0.29, 0.717) is 21.4 Å². The second-order valence-corrected chi connectivity index (χ2v) is 5.80. The van der Waals surface area contributed by atoms with Crippen LogP contribution in [0.1, 0.15) is 0 Å². The lowest BCUT2D eigenvalue weighted by atomic mass is 10.2. The number of rotatable bonds is 3. The summed E-state index contributed by atoms with van der Waals surface area (Å²) in [7, 11) is 3.77. The van der Waals surface area contributed by atoms with Gasteiger partial charge in [-0.05, 0) is 36.4 Å². The first-order valence-corrected chi connectivity index (χ1v) is 7.47. The second kappa shape index (κ2) is 7.35. The van der Waals surface area contributed by atoms with Crippen LogP contribution in [-0.4, -0.2) is 25.9 Å². The lowest BCUT2D eigenvalue weighted by Crippen LogP contribution is -2.29. The van der Waals surface area contributed by atoms with Gasteiger partial charge in [0.2, 0.25) is 0 Å². The van der Waals surface area contributed by atoms with Gasteiger partial charge in [-0.15, -0.1) is 0 Å². The quantitative estimate of drug-likeness (QED) is 0.830. The highest BCUT2D eigenvalue weighted by atomic mass is 35.5. The molecule has 0 fully saturated rings. The maximum Gasteiger partial charge on any atom is 0.314 e. The molecule has 7 heteroatoms. The first-order valence-electron chi connectivity index (χ1n) is 6.71. The fourth-order valence-corrected chi connectivity index (χ4v) is 2.11. The second-order valence-electron chi connectivity index (χ2n) is 4.98. The van der Waals surface area contributed by atoms with Crippen LogP contribution < -0.4 is 15.5 Å². The molecular formula is C16H15Cl2N3O2. The Bertz CT molecular complexity index is 748. The molecule has 23 heavy (non-hydrogen) atoms. The topological polar surface area (TPSA) is 61.4 Å². The zero-order valence-electron chi connectivity index (χ0n) is 12.6. The third kappa shape index (κ3) is 4.61. The van der Waals surface area contributed by atoms with Crippen molar-refractivity contribution in [1.29, 1.82) is 0 Å². The zero-order chi connectivity index (χ0) is 17.0. The van der Waals surface area contributed by atoms with Crippen molar-refractivity contribution in [3.8, 4) is 0 Å². The Kier molecular flexibility index (Phi) is 5.47. The van der Waals surface area contributed by atoms with Crippen LogP contribution >= 0.6 is 23.2 Å². The van der Waals surface area contributed by atoms with E-state index in [0.717, 1.165) is 5.69 Å². The predicted molar refractivity (Wildman–Crippen MR) is 94.5 cm³/mol. The van der Waals surface area contributed by atoms with Crippen molar-refractivity contribution < 1.29 is 9.59 Å². The minimum absolute atomic E-state index is 0.295. The Morgan fingerprint density at radius 1 is 0.870 bits per heavy atom. The number of amides is 2. The summed E-state index contributed by atoms with van der Waals surface area (Å²) in [5.74, 6) is -1.56. The number of halogens is 2. The highest BCUT2D eigenvalue weighted by Crippen LogP contribution is 2.25. The monoisotopic (exact) mass is 351 g/mol. The molecule has 2 rings (SSSR count). The minimum Gasteiger partial charge on any atom is -0.378 e. The summed E-state index contributed by atoms with van der Waals surface area (Å²) in [4.78, 5) is 25.8. The Balaban J connectivity index is 2.04. The predicted octanol–water partition coefficient (Wildman–Crippen LogP) is 3.64. The molecule has 5 nitrogen and oxygen atoms in total. The van der Waals surface area contributed by atoms with Gasteiger partial charge in [-0.25, -0.2) is 0 Å². The van der Waals surface area contributed by atoms with Gasteiger partial charge >= 0.3 is 11.8 Å². The summed E-state index contributed by atoms with van der Waals surface area (Å²) in [5, 5.41) is 5.67. The number of anilines is 3. The lowest BCUT2D eigenvalue weighted by Gasteiger charge is -2.14. The Labute approximate surface area is 144 Å². The van der Waals surface area contributed by atoms with E-state index in [1.165, 1.54) is 12.1 Å². The molecule has 2 N–H and O–H groups in total. The molecule has 0 bridgehead atoms. The van der Waals surface area contributed by atoms with E-state index in [9.17, 15) is 9.59 Å². The molecule has 0 saturated carbocycles. The number of nitrogens with one attached hydrogen (secondary N) is 2. The van der Waals surface area contributed by atoms with Gasteiger partial charge in [0, 0.05) is 31.2 Å². The Hall–Kier alpha value is -2.24. The average Bonchev–Trinajstić information content (AvgIpc) is 2.51. The smallest absolute Gasteiger partial charge is 0.314 e. The van der Waals surface area contributed by atoms with Crippen molar-refractivity contribution >= 4 is 52.1 Å². The van der Waals surface area contributed by atoms with Crippen molar-refractivity contribution in [3.05, 3.63) is 52.5 Å². The van der Waals surface area contributed by atoms with Crippen molar-refractivity contribution in [1.82, 2.24) is 0 Å². The number of carbonyl (C=O) groups excluding carboxylic acids is 2. The molecule has 120 valence electrons. The number of hydrogen-bond acceptors (Lipinski definition) is 3. The van der Waals surface area contributed by atoms with E-state index >= 15 is 0 Å². The van der Waals surface area contributed by atoms with Crippen LogP contribution in [0.3, 0.4) is 0 Å². The zero-order valence-corrected chi connectivity index (χ0v) is 14.1. The SMILES string of the molecule is CN(C)c1cccc(NC(=O)C(=O)Nc2ccc(Cl)c(Cl)c2)c1. The van der Waals surface area contributed by atoms with E-state index in [2.05, 4.69) is 10.6 Å². The molecule has 0 unspecified atom stereocenters. The molecule has 0 heterocycles. The van der Waals surface area contributed by atoms with Crippen LogP contribution in [0.4, 0.5) is 17.1 Å². The van der Waals surface area contributed by atoms with Gasteiger partial charge in [0.1, 0.15) is 0 Å². The normalized spacial score (nSPS) is 10.1. The molecule has 0 spiro atoms. The number of benzene rings is 2. The maximum absolute atomic E-state index is 12.0. The molecule has 0 radical (unpaired) electrons. The van der Waals surface area contributed by atoms with Crippen LogP contribution in [-0.2, 0) is 9.59 Å². The van der Waals surface area contributed by atoms with Gasteiger partial charge in [0.05, 0.1) is 10.0 Å².